The Morgan fingerprint density at radius 1 is 1.40 bits per heavy atom. The number of hydrogen-bond acceptors (Lipinski definition) is 3. The molecule has 0 radical (unpaired) electrons. The SMILES string of the molecule is COc1ccc(N/C(C)=C/C(=O)O)cc1. The van der Waals surface area contributed by atoms with E-state index in [0.29, 0.717) is 5.70 Å². The molecule has 0 aliphatic heterocycles. The van der Waals surface area contributed by atoms with Crippen molar-refractivity contribution in [3.05, 3.63) is 36.0 Å². The molecule has 1 rings (SSSR count). The summed E-state index contributed by atoms with van der Waals surface area (Å²) in [4.78, 5) is 10.4. The van der Waals surface area contributed by atoms with Gasteiger partial charge in [0.1, 0.15) is 5.75 Å². The number of rotatable bonds is 4. The van der Waals surface area contributed by atoms with Crippen molar-refractivity contribution < 1.29 is 14.6 Å². The average molecular weight is 207 g/mol. The van der Waals surface area contributed by atoms with E-state index in [1.54, 1.807) is 26.2 Å². The number of anilines is 1. The Kier molecular flexibility index (Phi) is 3.74. The maximum Gasteiger partial charge on any atom is 0.330 e. The first kappa shape index (κ1) is 11.1. The predicted molar refractivity (Wildman–Crippen MR) is 58.0 cm³/mol. The molecule has 4 nitrogen and oxygen atoms in total. The standard InChI is InChI=1S/C11H13NO3/c1-8(7-11(13)14)12-9-3-5-10(15-2)6-4-9/h3-7,12H,1-2H3,(H,13,14)/b8-7+. The summed E-state index contributed by atoms with van der Waals surface area (Å²) in [6.07, 6.45) is 1.12. The van der Waals surface area contributed by atoms with Gasteiger partial charge in [-0.05, 0) is 31.2 Å². The number of carboxylic acids is 1. The molecule has 0 amide bonds. The zero-order valence-electron chi connectivity index (χ0n) is 8.65. The van der Waals surface area contributed by atoms with Gasteiger partial charge < -0.3 is 15.2 Å². The molecule has 0 fully saturated rings. The summed E-state index contributed by atoms with van der Waals surface area (Å²) < 4.78 is 5.00. The Labute approximate surface area is 88.2 Å². The molecule has 0 bridgehead atoms. The first-order valence-corrected chi connectivity index (χ1v) is 4.44. The first-order valence-electron chi connectivity index (χ1n) is 4.44. The van der Waals surface area contributed by atoms with Gasteiger partial charge in [0.15, 0.2) is 0 Å². The van der Waals surface area contributed by atoms with Crippen molar-refractivity contribution in [1.29, 1.82) is 0 Å². The minimum Gasteiger partial charge on any atom is -0.497 e. The quantitative estimate of drug-likeness (QED) is 0.742. The van der Waals surface area contributed by atoms with Crippen LogP contribution in [0.2, 0.25) is 0 Å². The zero-order chi connectivity index (χ0) is 11.3. The van der Waals surface area contributed by atoms with E-state index in [0.717, 1.165) is 17.5 Å². The van der Waals surface area contributed by atoms with Gasteiger partial charge in [-0.3, -0.25) is 0 Å². The Balaban J connectivity index is 2.69. The largest absolute Gasteiger partial charge is 0.497 e. The van der Waals surface area contributed by atoms with Gasteiger partial charge in [-0.25, -0.2) is 4.79 Å². The second-order valence-corrected chi connectivity index (χ2v) is 3.02. The Hall–Kier alpha value is -1.97. The van der Waals surface area contributed by atoms with Crippen molar-refractivity contribution in [3.8, 4) is 5.75 Å². The highest BCUT2D eigenvalue weighted by Gasteiger charge is 1.96. The third-order valence-corrected chi connectivity index (χ3v) is 1.77. The summed E-state index contributed by atoms with van der Waals surface area (Å²) in [5, 5.41) is 11.5. The third-order valence-electron chi connectivity index (χ3n) is 1.77. The molecule has 0 heterocycles. The number of hydrogen-bond donors (Lipinski definition) is 2. The van der Waals surface area contributed by atoms with Gasteiger partial charge in [0.05, 0.1) is 7.11 Å². The van der Waals surface area contributed by atoms with E-state index in [1.165, 1.54) is 0 Å². The molecule has 1 aromatic carbocycles. The van der Waals surface area contributed by atoms with Crippen LogP contribution >= 0.6 is 0 Å². The molecule has 0 aromatic heterocycles. The summed E-state index contributed by atoms with van der Waals surface area (Å²) in [5.74, 6) is -0.200. The molecule has 0 atom stereocenters. The lowest BCUT2D eigenvalue weighted by atomic mass is 10.3. The van der Waals surface area contributed by atoms with Gasteiger partial charge >= 0.3 is 5.97 Å². The molecule has 1 aromatic rings. The van der Waals surface area contributed by atoms with E-state index in [1.807, 2.05) is 12.1 Å². The van der Waals surface area contributed by atoms with Gasteiger partial charge in [0.2, 0.25) is 0 Å². The lowest BCUT2D eigenvalue weighted by molar-refractivity contribution is -0.131. The first-order chi connectivity index (χ1) is 7.11. The Morgan fingerprint density at radius 3 is 2.47 bits per heavy atom. The van der Waals surface area contributed by atoms with E-state index >= 15 is 0 Å². The highest BCUT2D eigenvalue weighted by atomic mass is 16.5. The molecule has 2 N–H and O–H groups in total. The van der Waals surface area contributed by atoms with Crippen LogP contribution in [0.3, 0.4) is 0 Å². The summed E-state index contributed by atoms with van der Waals surface area (Å²) >= 11 is 0. The van der Waals surface area contributed by atoms with Crippen molar-refractivity contribution in [2.45, 2.75) is 6.92 Å². The molecule has 80 valence electrons. The topological polar surface area (TPSA) is 58.6 Å². The molecule has 0 spiro atoms. The Bertz CT molecular complexity index is 368. The lowest BCUT2D eigenvalue weighted by Gasteiger charge is -2.06. The van der Waals surface area contributed by atoms with Crippen molar-refractivity contribution in [2.24, 2.45) is 0 Å². The van der Waals surface area contributed by atoms with Gasteiger partial charge in [-0.15, -0.1) is 0 Å². The maximum atomic E-state index is 10.4. The fraction of sp³-hybridized carbons (Fsp3) is 0.182. The second-order valence-electron chi connectivity index (χ2n) is 3.02. The Morgan fingerprint density at radius 2 is 2.00 bits per heavy atom. The molecule has 0 saturated heterocycles. The van der Waals surface area contributed by atoms with Gasteiger partial charge in [0, 0.05) is 17.5 Å². The molecule has 4 heteroatoms. The van der Waals surface area contributed by atoms with Crippen molar-refractivity contribution in [3.63, 3.8) is 0 Å². The molecule has 0 saturated carbocycles. The number of allylic oxidation sites excluding steroid dienone is 1. The number of ether oxygens (including phenoxy) is 1. The van der Waals surface area contributed by atoms with E-state index in [-0.39, 0.29) is 0 Å². The maximum absolute atomic E-state index is 10.4. The van der Waals surface area contributed by atoms with Gasteiger partial charge in [-0.1, -0.05) is 0 Å². The third kappa shape index (κ3) is 3.72. The monoisotopic (exact) mass is 207 g/mol. The number of methoxy groups -OCH3 is 1. The summed E-state index contributed by atoms with van der Waals surface area (Å²) in [6, 6.07) is 7.24. The smallest absolute Gasteiger partial charge is 0.330 e. The van der Waals surface area contributed by atoms with Crippen molar-refractivity contribution in [1.82, 2.24) is 0 Å². The predicted octanol–water partition coefficient (Wildman–Crippen LogP) is 2.10. The number of nitrogens with one attached hydrogen (secondary N) is 1. The van der Waals surface area contributed by atoms with Gasteiger partial charge in [0.25, 0.3) is 0 Å². The lowest BCUT2D eigenvalue weighted by Crippen LogP contribution is -1.99. The number of aliphatic carboxylic acids is 1. The fourth-order valence-electron chi connectivity index (χ4n) is 1.12. The van der Waals surface area contributed by atoms with E-state index < -0.39 is 5.97 Å². The van der Waals surface area contributed by atoms with Crippen LogP contribution in [0, 0.1) is 0 Å². The van der Waals surface area contributed by atoms with E-state index in [9.17, 15) is 4.79 Å². The molecular formula is C11H13NO3. The van der Waals surface area contributed by atoms with Crippen molar-refractivity contribution >= 4 is 11.7 Å². The van der Waals surface area contributed by atoms with Crippen LogP contribution in [0.15, 0.2) is 36.0 Å². The minimum absolute atomic E-state index is 0.577. The molecule has 15 heavy (non-hydrogen) atoms. The van der Waals surface area contributed by atoms with Crippen LogP contribution in [0.1, 0.15) is 6.92 Å². The van der Waals surface area contributed by atoms with Crippen LogP contribution in [0.25, 0.3) is 0 Å². The highest BCUT2D eigenvalue weighted by molar-refractivity contribution is 5.81. The summed E-state index contributed by atoms with van der Waals surface area (Å²) in [7, 11) is 1.60. The van der Waals surface area contributed by atoms with E-state index in [4.69, 9.17) is 9.84 Å². The highest BCUT2D eigenvalue weighted by Crippen LogP contribution is 2.16. The van der Waals surface area contributed by atoms with Crippen molar-refractivity contribution in [2.75, 3.05) is 12.4 Å². The number of benzene rings is 1. The van der Waals surface area contributed by atoms with Crippen LogP contribution in [0.4, 0.5) is 5.69 Å². The van der Waals surface area contributed by atoms with E-state index in [2.05, 4.69) is 5.32 Å². The van der Waals surface area contributed by atoms with Gasteiger partial charge in [-0.2, -0.15) is 0 Å². The average Bonchev–Trinajstić information content (AvgIpc) is 2.17. The number of carboxylic acid groups (broad SMARTS) is 1. The fourth-order valence-corrected chi connectivity index (χ4v) is 1.12. The minimum atomic E-state index is -0.964. The van der Waals surface area contributed by atoms with Crippen LogP contribution < -0.4 is 10.1 Å². The second kappa shape index (κ2) is 5.05. The van der Waals surface area contributed by atoms with Crippen LogP contribution in [-0.2, 0) is 4.79 Å². The summed E-state index contributed by atoms with van der Waals surface area (Å²) in [6.45, 7) is 1.69. The summed E-state index contributed by atoms with van der Waals surface area (Å²) in [5.41, 5.74) is 1.40. The van der Waals surface area contributed by atoms with Crippen LogP contribution in [-0.4, -0.2) is 18.2 Å². The van der Waals surface area contributed by atoms with Crippen LogP contribution in [0.5, 0.6) is 5.75 Å². The number of carbonyl (C=O) groups is 1. The molecular weight excluding hydrogens is 194 g/mol. The zero-order valence-corrected chi connectivity index (χ0v) is 8.65. The molecule has 0 unspecified atom stereocenters. The molecule has 0 aliphatic rings. The molecule has 0 aliphatic carbocycles. The normalized spacial score (nSPS) is 10.9.